The molecular formula is C22H24N2O4S2. The van der Waals surface area contributed by atoms with E-state index in [9.17, 15) is 13.2 Å². The molecule has 0 amide bonds. The van der Waals surface area contributed by atoms with E-state index in [1.54, 1.807) is 47.9 Å². The molecule has 0 saturated carbocycles. The molecule has 0 fully saturated rings. The number of aromatic nitrogens is 1. The van der Waals surface area contributed by atoms with Gasteiger partial charge in [-0.05, 0) is 43.5 Å². The number of methoxy groups -OCH3 is 1. The Bertz CT molecular complexity index is 1160. The van der Waals surface area contributed by atoms with Crippen LogP contribution in [-0.4, -0.2) is 32.4 Å². The number of sulfonamides is 1. The number of para-hydroxylation sites is 2. The van der Waals surface area contributed by atoms with Crippen molar-refractivity contribution in [2.75, 3.05) is 18.0 Å². The van der Waals surface area contributed by atoms with E-state index >= 15 is 0 Å². The third kappa shape index (κ3) is 4.06. The summed E-state index contributed by atoms with van der Waals surface area (Å²) in [4.78, 5) is 13.3. The van der Waals surface area contributed by atoms with Crippen LogP contribution in [0.5, 0.6) is 5.75 Å². The van der Waals surface area contributed by atoms with E-state index in [0.717, 1.165) is 27.0 Å². The SMILES string of the molecule is C=CCn1c(C)cc(C(=O)CN(c2ccccc2OC)S(=O)(=O)c2cccs2)c1C. The van der Waals surface area contributed by atoms with Crippen LogP contribution in [0.2, 0.25) is 0 Å². The summed E-state index contributed by atoms with van der Waals surface area (Å²) in [7, 11) is -2.47. The molecule has 3 aromatic rings. The molecule has 158 valence electrons. The number of ether oxygens (including phenoxy) is 1. The molecule has 0 aliphatic heterocycles. The second kappa shape index (κ2) is 8.89. The molecule has 0 aliphatic rings. The first-order chi connectivity index (χ1) is 14.3. The Kier molecular flexibility index (Phi) is 6.48. The highest BCUT2D eigenvalue weighted by atomic mass is 32.2. The van der Waals surface area contributed by atoms with Crippen molar-refractivity contribution in [3.8, 4) is 5.75 Å². The third-order valence-electron chi connectivity index (χ3n) is 4.87. The lowest BCUT2D eigenvalue weighted by atomic mass is 10.1. The zero-order valence-corrected chi connectivity index (χ0v) is 18.8. The van der Waals surface area contributed by atoms with Crippen LogP contribution in [-0.2, 0) is 16.6 Å². The molecule has 2 aromatic heterocycles. The first-order valence-electron chi connectivity index (χ1n) is 9.31. The van der Waals surface area contributed by atoms with Crippen LogP contribution in [0, 0.1) is 13.8 Å². The first-order valence-corrected chi connectivity index (χ1v) is 11.6. The topological polar surface area (TPSA) is 68.6 Å². The molecule has 0 radical (unpaired) electrons. The molecule has 30 heavy (non-hydrogen) atoms. The molecule has 0 spiro atoms. The molecule has 0 N–H and O–H groups in total. The Hall–Kier alpha value is -2.84. The fraction of sp³-hybridized carbons (Fsp3) is 0.227. The van der Waals surface area contributed by atoms with E-state index in [4.69, 9.17) is 4.74 Å². The van der Waals surface area contributed by atoms with E-state index in [1.165, 1.54) is 13.2 Å². The van der Waals surface area contributed by atoms with E-state index in [-0.39, 0.29) is 16.5 Å². The summed E-state index contributed by atoms with van der Waals surface area (Å²) < 4.78 is 35.4. The van der Waals surface area contributed by atoms with Crippen LogP contribution < -0.4 is 9.04 Å². The number of benzene rings is 1. The lowest BCUT2D eigenvalue weighted by Crippen LogP contribution is -2.36. The van der Waals surface area contributed by atoms with Crippen molar-refractivity contribution in [2.45, 2.75) is 24.6 Å². The molecule has 3 rings (SSSR count). The molecule has 2 heterocycles. The van der Waals surface area contributed by atoms with Gasteiger partial charge in [0.05, 0.1) is 19.3 Å². The third-order valence-corrected chi connectivity index (χ3v) is 8.00. The number of ketones is 1. The number of hydrogen-bond acceptors (Lipinski definition) is 5. The van der Waals surface area contributed by atoms with Crippen molar-refractivity contribution >= 4 is 32.8 Å². The summed E-state index contributed by atoms with van der Waals surface area (Å²) in [5, 5.41) is 1.69. The number of aryl methyl sites for hydroxylation is 1. The fourth-order valence-electron chi connectivity index (χ4n) is 3.36. The number of hydrogen-bond donors (Lipinski definition) is 0. The largest absolute Gasteiger partial charge is 0.495 e. The minimum atomic E-state index is -3.94. The number of carbonyl (C=O) groups is 1. The Morgan fingerprint density at radius 1 is 1.23 bits per heavy atom. The van der Waals surface area contributed by atoms with Gasteiger partial charge >= 0.3 is 0 Å². The summed E-state index contributed by atoms with van der Waals surface area (Å²) in [5.41, 5.74) is 2.52. The maximum atomic E-state index is 13.4. The number of anilines is 1. The summed E-state index contributed by atoms with van der Waals surface area (Å²) in [5.74, 6) is 0.0898. The van der Waals surface area contributed by atoms with Crippen LogP contribution in [0.15, 0.2) is 64.7 Å². The number of rotatable bonds is 9. The second-order valence-corrected chi connectivity index (χ2v) is 9.76. The minimum Gasteiger partial charge on any atom is -0.495 e. The van der Waals surface area contributed by atoms with Gasteiger partial charge in [0.25, 0.3) is 10.0 Å². The molecular weight excluding hydrogens is 420 g/mol. The molecule has 8 heteroatoms. The van der Waals surface area contributed by atoms with Crippen molar-refractivity contribution in [1.82, 2.24) is 4.57 Å². The average Bonchev–Trinajstić information content (AvgIpc) is 3.37. The Labute approximate surface area is 181 Å². The van der Waals surface area contributed by atoms with Gasteiger partial charge in [0.1, 0.15) is 9.96 Å². The summed E-state index contributed by atoms with van der Waals surface area (Å²) in [6, 6.07) is 11.8. The van der Waals surface area contributed by atoms with Crippen LogP contribution in [0.4, 0.5) is 5.69 Å². The molecule has 1 aromatic carbocycles. The van der Waals surface area contributed by atoms with Gasteiger partial charge in [-0.1, -0.05) is 24.3 Å². The van der Waals surface area contributed by atoms with Gasteiger partial charge in [0.15, 0.2) is 5.78 Å². The molecule has 6 nitrogen and oxygen atoms in total. The fourth-order valence-corrected chi connectivity index (χ4v) is 5.90. The maximum Gasteiger partial charge on any atom is 0.274 e. The Morgan fingerprint density at radius 2 is 1.97 bits per heavy atom. The zero-order valence-electron chi connectivity index (χ0n) is 17.2. The zero-order chi connectivity index (χ0) is 21.9. The monoisotopic (exact) mass is 444 g/mol. The first kappa shape index (κ1) is 21.9. The van der Waals surface area contributed by atoms with E-state index in [0.29, 0.717) is 23.5 Å². The van der Waals surface area contributed by atoms with Gasteiger partial charge < -0.3 is 9.30 Å². The predicted molar refractivity (Wildman–Crippen MR) is 120 cm³/mol. The Morgan fingerprint density at radius 3 is 2.60 bits per heavy atom. The highest BCUT2D eigenvalue weighted by Gasteiger charge is 2.31. The van der Waals surface area contributed by atoms with E-state index in [2.05, 4.69) is 6.58 Å². The highest BCUT2D eigenvalue weighted by Crippen LogP contribution is 2.34. The number of Topliss-reactive ketones (excluding diaryl/α,β-unsaturated/α-hetero) is 1. The van der Waals surface area contributed by atoms with Crippen LogP contribution in [0.1, 0.15) is 21.7 Å². The number of allylic oxidation sites excluding steroid dienone is 1. The molecule has 0 saturated heterocycles. The van der Waals surface area contributed by atoms with Crippen LogP contribution in [0.25, 0.3) is 0 Å². The van der Waals surface area contributed by atoms with Crippen molar-refractivity contribution in [1.29, 1.82) is 0 Å². The predicted octanol–water partition coefficient (Wildman–Crippen LogP) is 4.44. The van der Waals surface area contributed by atoms with Gasteiger partial charge in [0.2, 0.25) is 0 Å². The lowest BCUT2D eigenvalue weighted by Gasteiger charge is -2.24. The number of thiophene rings is 1. The minimum absolute atomic E-state index is 0.165. The quantitative estimate of drug-likeness (QED) is 0.361. The highest BCUT2D eigenvalue weighted by molar-refractivity contribution is 7.94. The van der Waals surface area contributed by atoms with Gasteiger partial charge in [-0.25, -0.2) is 8.42 Å². The normalized spacial score (nSPS) is 11.3. The van der Waals surface area contributed by atoms with Crippen molar-refractivity contribution in [2.24, 2.45) is 0 Å². The number of carbonyl (C=O) groups excluding carboxylic acids is 1. The van der Waals surface area contributed by atoms with Gasteiger partial charge in [-0.2, -0.15) is 0 Å². The van der Waals surface area contributed by atoms with Gasteiger partial charge in [0, 0.05) is 23.5 Å². The second-order valence-electron chi connectivity index (χ2n) is 6.72. The molecule has 0 aliphatic carbocycles. The van der Waals surface area contributed by atoms with Gasteiger partial charge in [-0.15, -0.1) is 17.9 Å². The van der Waals surface area contributed by atoms with Crippen molar-refractivity contribution in [3.05, 3.63) is 77.5 Å². The Balaban J connectivity index is 2.07. The summed E-state index contributed by atoms with van der Waals surface area (Å²) in [6.45, 7) is 7.76. The summed E-state index contributed by atoms with van der Waals surface area (Å²) >= 11 is 1.11. The standard InChI is InChI=1S/C22H24N2O4S2/c1-5-12-23-16(2)14-18(17(23)3)20(25)15-24(19-9-6-7-10-21(19)28-4)30(26,27)22-11-8-13-29-22/h5-11,13-14H,1,12,15H2,2-4H3. The van der Waals surface area contributed by atoms with Crippen molar-refractivity contribution in [3.63, 3.8) is 0 Å². The average molecular weight is 445 g/mol. The molecule has 0 bridgehead atoms. The number of nitrogens with zero attached hydrogens (tertiary/aromatic N) is 2. The molecule has 0 atom stereocenters. The van der Waals surface area contributed by atoms with Crippen LogP contribution >= 0.6 is 11.3 Å². The summed E-state index contributed by atoms with van der Waals surface area (Å²) in [6.07, 6.45) is 1.76. The smallest absolute Gasteiger partial charge is 0.274 e. The van der Waals surface area contributed by atoms with E-state index < -0.39 is 10.0 Å². The molecule has 0 unspecified atom stereocenters. The van der Waals surface area contributed by atoms with Crippen LogP contribution in [0.3, 0.4) is 0 Å². The van der Waals surface area contributed by atoms with Crippen molar-refractivity contribution < 1.29 is 17.9 Å². The lowest BCUT2D eigenvalue weighted by molar-refractivity contribution is 0.100. The van der Waals surface area contributed by atoms with E-state index in [1.807, 2.05) is 18.4 Å². The maximum absolute atomic E-state index is 13.4. The van der Waals surface area contributed by atoms with Gasteiger partial charge in [-0.3, -0.25) is 9.10 Å².